The van der Waals surface area contributed by atoms with Crippen LogP contribution in [0, 0.1) is 0 Å². The molecular formula is C26H21F3N2O4S. The molecule has 0 spiro atoms. The minimum atomic E-state index is -4.38. The number of nitrogens with one attached hydrogen (secondary N) is 1. The van der Waals surface area contributed by atoms with E-state index in [0.29, 0.717) is 33.5 Å². The van der Waals surface area contributed by atoms with Gasteiger partial charge in [-0.2, -0.15) is 13.2 Å². The van der Waals surface area contributed by atoms with Crippen molar-refractivity contribution in [1.82, 2.24) is 4.98 Å². The smallest absolute Gasteiger partial charge is 0.416 e. The summed E-state index contributed by atoms with van der Waals surface area (Å²) < 4.78 is 54.4. The number of anilines is 1. The van der Waals surface area contributed by atoms with Crippen molar-refractivity contribution < 1.29 is 32.2 Å². The number of aromatic nitrogens is 1. The Labute approximate surface area is 209 Å². The lowest BCUT2D eigenvalue weighted by Gasteiger charge is -2.10. The molecule has 0 aliphatic rings. The number of benzene rings is 3. The molecule has 0 saturated carbocycles. The van der Waals surface area contributed by atoms with Gasteiger partial charge in [0.05, 0.1) is 25.5 Å². The monoisotopic (exact) mass is 514 g/mol. The third-order valence-corrected chi connectivity index (χ3v) is 6.05. The van der Waals surface area contributed by atoms with Crippen LogP contribution >= 0.6 is 11.3 Å². The lowest BCUT2D eigenvalue weighted by molar-refractivity contribution is -0.137. The fraction of sp³-hybridized carbons (Fsp3) is 0.154. The third kappa shape index (κ3) is 5.95. The van der Waals surface area contributed by atoms with Gasteiger partial charge in [0.2, 0.25) is 0 Å². The number of carbonyl (C=O) groups excluding carboxylic acids is 1. The molecule has 0 atom stereocenters. The average molecular weight is 515 g/mol. The SMILES string of the molecule is COc1ccc(NC(=O)c2csc(-c3cccc(OCc4ccc(C(F)(F)F)cc4)c3)n2)c(OC)c1. The molecule has 1 aromatic heterocycles. The number of alkyl halides is 3. The summed E-state index contributed by atoms with van der Waals surface area (Å²) in [4.78, 5) is 17.2. The maximum atomic E-state index is 12.7. The van der Waals surface area contributed by atoms with Crippen molar-refractivity contribution in [2.24, 2.45) is 0 Å². The molecule has 6 nitrogen and oxygen atoms in total. The van der Waals surface area contributed by atoms with E-state index in [2.05, 4.69) is 10.3 Å². The van der Waals surface area contributed by atoms with Crippen LogP contribution in [0.4, 0.5) is 18.9 Å². The van der Waals surface area contributed by atoms with Crippen molar-refractivity contribution >= 4 is 22.9 Å². The summed E-state index contributed by atoms with van der Waals surface area (Å²) >= 11 is 1.30. The maximum Gasteiger partial charge on any atom is 0.416 e. The normalized spacial score (nSPS) is 11.1. The number of halogens is 3. The molecule has 0 saturated heterocycles. The van der Waals surface area contributed by atoms with Gasteiger partial charge in [0, 0.05) is 17.0 Å². The van der Waals surface area contributed by atoms with Crippen LogP contribution in [-0.2, 0) is 12.8 Å². The summed E-state index contributed by atoms with van der Waals surface area (Å²) in [6, 6.07) is 17.0. The van der Waals surface area contributed by atoms with Crippen LogP contribution in [0.5, 0.6) is 17.2 Å². The number of carbonyl (C=O) groups is 1. The predicted molar refractivity (Wildman–Crippen MR) is 131 cm³/mol. The summed E-state index contributed by atoms with van der Waals surface area (Å²) in [6.45, 7) is 0.108. The zero-order chi connectivity index (χ0) is 25.7. The minimum Gasteiger partial charge on any atom is -0.497 e. The molecule has 4 aromatic rings. The highest BCUT2D eigenvalue weighted by molar-refractivity contribution is 7.13. The topological polar surface area (TPSA) is 69.7 Å². The van der Waals surface area contributed by atoms with Gasteiger partial charge in [-0.05, 0) is 42.0 Å². The fourth-order valence-corrected chi connectivity index (χ4v) is 4.07. The molecule has 0 aliphatic carbocycles. The van der Waals surface area contributed by atoms with Gasteiger partial charge >= 0.3 is 6.18 Å². The van der Waals surface area contributed by atoms with Gasteiger partial charge in [0.1, 0.15) is 34.6 Å². The van der Waals surface area contributed by atoms with Crippen molar-refractivity contribution in [3.63, 3.8) is 0 Å². The maximum absolute atomic E-state index is 12.7. The van der Waals surface area contributed by atoms with E-state index in [1.165, 1.54) is 30.6 Å². The largest absolute Gasteiger partial charge is 0.497 e. The van der Waals surface area contributed by atoms with Crippen molar-refractivity contribution in [1.29, 1.82) is 0 Å². The Morgan fingerprint density at radius 2 is 1.75 bits per heavy atom. The predicted octanol–water partition coefficient (Wildman–Crippen LogP) is 6.68. The third-order valence-electron chi connectivity index (χ3n) is 5.16. The van der Waals surface area contributed by atoms with Crippen molar-refractivity contribution in [3.05, 3.63) is 88.9 Å². The number of thiazole rings is 1. The lowest BCUT2D eigenvalue weighted by Crippen LogP contribution is -2.13. The van der Waals surface area contributed by atoms with Gasteiger partial charge < -0.3 is 19.5 Å². The zero-order valence-corrected chi connectivity index (χ0v) is 20.1. The number of ether oxygens (including phenoxy) is 3. The van der Waals surface area contributed by atoms with E-state index in [4.69, 9.17) is 14.2 Å². The molecule has 1 heterocycles. The van der Waals surface area contributed by atoms with Crippen LogP contribution in [0.3, 0.4) is 0 Å². The lowest BCUT2D eigenvalue weighted by atomic mass is 10.1. The first-order chi connectivity index (χ1) is 17.3. The Kier molecular flexibility index (Phi) is 7.44. The Morgan fingerprint density at radius 1 is 0.972 bits per heavy atom. The number of nitrogens with zero attached hydrogens (tertiary/aromatic N) is 1. The van der Waals surface area contributed by atoms with Gasteiger partial charge in [0.15, 0.2) is 0 Å². The molecule has 0 aliphatic heterocycles. The van der Waals surface area contributed by atoms with Crippen LogP contribution in [0.25, 0.3) is 10.6 Å². The molecule has 1 amide bonds. The second-order valence-electron chi connectivity index (χ2n) is 7.57. The molecule has 4 rings (SSSR count). The van der Waals surface area contributed by atoms with E-state index in [1.54, 1.807) is 48.9 Å². The second-order valence-corrected chi connectivity index (χ2v) is 8.43. The van der Waals surface area contributed by atoms with Crippen molar-refractivity contribution in [3.8, 4) is 27.8 Å². The summed E-state index contributed by atoms with van der Waals surface area (Å²) in [7, 11) is 3.04. The number of methoxy groups -OCH3 is 2. The highest BCUT2D eigenvalue weighted by atomic mass is 32.1. The fourth-order valence-electron chi connectivity index (χ4n) is 3.27. The molecule has 0 unspecified atom stereocenters. The number of rotatable bonds is 8. The Balaban J connectivity index is 1.42. The molecular weight excluding hydrogens is 493 g/mol. The molecule has 36 heavy (non-hydrogen) atoms. The van der Waals surface area contributed by atoms with Gasteiger partial charge in [-0.25, -0.2) is 4.98 Å². The minimum absolute atomic E-state index is 0.108. The Hall–Kier alpha value is -4.05. The van der Waals surface area contributed by atoms with E-state index in [1.807, 2.05) is 6.07 Å². The molecule has 0 fully saturated rings. The number of amides is 1. The van der Waals surface area contributed by atoms with E-state index >= 15 is 0 Å². The molecule has 0 radical (unpaired) electrons. The Morgan fingerprint density at radius 3 is 2.44 bits per heavy atom. The standard InChI is InChI=1S/C26H21F3N2O4S/c1-33-19-10-11-21(23(13-19)34-2)30-24(32)22-15-36-25(31-22)17-4-3-5-20(12-17)35-14-16-6-8-18(9-7-16)26(27,28)29/h3-13,15H,14H2,1-2H3,(H,30,32). The first-order valence-corrected chi connectivity index (χ1v) is 11.5. The molecule has 186 valence electrons. The van der Waals surface area contributed by atoms with E-state index in [-0.39, 0.29) is 12.3 Å². The second kappa shape index (κ2) is 10.7. The zero-order valence-electron chi connectivity index (χ0n) is 19.3. The van der Waals surface area contributed by atoms with Gasteiger partial charge in [-0.1, -0.05) is 24.3 Å². The van der Waals surface area contributed by atoms with Crippen molar-refractivity contribution in [2.75, 3.05) is 19.5 Å². The number of hydrogen-bond donors (Lipinski definition) is 1. The Bertz CT molecular complexity index is 1350. The number of hydrogen-bond acceptors (Lipinski definition) is 6. The van der Waals surface area contributed by atoms with Gasteiger partial charge in [0.25, 0.3) is 5.91 Å². The molecule has 3 aromatic carbocycles. The van der Waals surface area contributed by atoms with E-state index in [0.717, 1.165) is 17.7 Å². The van der Waals surface area contributed by atoms with Crippen LogP contribution in [0.2, 0.25) is 0 Å². The van der Waals surface area contributed by atoms with E-state index < -0.39 is 17.6 Å². The molecule has 1 N–H and O–H groups in total. The summed E-state index contributed by atoms with van der Waals surface area (Å²) in [5.41, 5.74) is 1.37. The highest BCUT2D eigenvalue weighted by Crippen LogP contribution is 2.32. The van der Waals surface area contributed by atoms with Crippen LogP contribution in [0.15, 0.2) is 72.1 Å². The van der Waals surface area contributed by atoms with Crippen LogP contribution < -0.4 is 19.5 Å². The quantitative estimate of drug-likeness (QED) is 0.284. The van der Waals surface area contributed by atoms with Gasteiger partial charge in [-0.3, -0.25) is 4.79 Å². The van der Waals surface area contributed by atoms with Crippen LogP contribution in [-0.4, -0.2) is 25.1 Å². The first-order valence-electron chi connectivity index (χ1n) is 10.6. The van der Waals surface area contributed by atoms with E-state index in [9.17, 15) is 18.0 Å². The summed E-state index contributed by atoms with van der Waals surface area (Å²) in [5.74, 6) is 1.18. The highest BCUT2D eigenvalue weighted by Gasteiger charge is 2.29. The summed E-state index contributed by atoms with van der Waals surface area (Å²) in [6.07, 6.45) is -4.38. The first kappa shape index (κ1) is 25.1. The average Bonchev–Trinajstić information content (AvgIpc) is 3.38. The van der Waals surface area contributed by atoms with Crippen LogP contribution in [0.1, 0.15) is 21.6 Å². The molecule has 0 bridgehead atoms. The van der Waals surface area contributed by atoms with Gasteiger partial charge in [-0.15, -0.1) is 11.3 Å². The summed E-state index contributed by atoms with van der Waals surface area (Å²) in [5, 5.41) is 5.05. The van der Waals surface area contributed by atoms with Crippen molar-refractivity contribution in [2.45, 2.75) is 12.8 Å². The molecule has 10 heteroatoms.